The van der Waals surface area contributed by atoms with Crippen molar-refractivity contribution in [3.05, 3.63) is 72.7 Å². The quantitative estimate of drug-likeness (QED) is 0.624. The van der Waals surface area contributed by atoms with Gasteiger partial charge in [-0.3, -0.25) is 4.98 Å². The lowest BCUT2D eigenvalue weighted by Crippen LogP contribution is -2.00. The molecule has 0 unspecified atom stereocenters. The van der Waals surface area contributed by atoms with Crippen LogP contribution in [0.25, 0.3) is 16.9 Å². The van der Waals surface area contributed by atoms with E-state index in [9.17, 15) is 0 Å². The highest BCUT2D eigenvalue weighted by Gasteiger charge is 2.08. The van der Waals surface area contributed by atoms with Gasteiger partial charge in [0, 0.05) is 35.9 Å². The Morgan fingerprint density at radius 1 is 1.00 bits per heavy atom. The third-order valence-electron chi connectivity index (χ3n) is 3.64. The number of hydrogen-bond acceptors (Lipinski definition) is 4. The minimum Gasteiger partial charge on any atom is -0.340 e. The first-order valence-electron chi connectivity index (χ1n) is 7.38. The molecule has 4 aromatic rings. The summed E-state index contributed by atoms with van der Waals surface area (Å²) in [6.45, 7) is 2.07. The number of benzene rings is 1. The summed E-state index contributed by atoms with van der Waals surface area (Å²) in [6.07, 6.45) is 5.33. The van der Waals surface area contributed by atoms with E-state index in [-0.39, 0.29) is 0 Å². The first-order chi connectivity index (χ1) is 11.3. The Kier molecular flexibility index (Phi) is 3.24. The minimum atomic E-state index is 0.793. The maximum absolute atomic E-state index is 4.65. The fourth-order valence-corrected chi connectivity index (χ4v) is 2.43. The Morgan fingerprint density at radius 3 is 2.65 bits per heavy atom. The first kappa shape index (κ1) is 13.5. The molecular formula is C18H15N5. The van der Waals surface area contributed by atoms with Gasteiger partial charge in [-0.05, 0) is 37.3 Å². The molecule has 112 valence electrons. The molecule has 0 aliphatic carbocycles. The average Bonchev–Trinajstić information content (AvgIpc) is 3.03. The van der Waals surface area contributed by atoms with Gasteiger partial charge in [-0.25, -0.2) is 4.98 Å². The molecule has 0 spiro atoms. The Labute approximate surface area is 133 Å². The topological polar surface area (TPSA) is 55.1 Å². The monoisotopic (exact) mass is 301 g/mol. The second kappa shape index (κ2) is 5.53. The zero-order valence-electron chi connectivity index (χ0n) is 12.6. The van der Waals surface area contributed by atoms with Crippen molar-refractivity contribution in [1.29, 1.82) is 0 Å². The van der Waals surface area contributed by atoms with E-state index in [2.05, 4.69) is 39.4 Å². The summed E-state index contributed by atoms with van der Waals surface area (Å²) in [4.78, 5) is 8.53. The smallest absolute Gasteiger partial charge is 0.157 e. The van der Waals surface area contributed by atoms with E-state index in [1.165, 1.54) is 5.56 Å². The third kappa shape index (κ3) is 2.64. The van der Waals surface area contributed by atoms with Crippen LogP contribution in [0.1, 0.15) is 5.56 Å². The lowest BCUT2D eigenvalue weighted by atomic mass is 10.2. The van der Waals surface area contributed by atoms with Crippen molar-refractivity contribution >= 4 is 17.2 Å². The number of fused-ring (bicyclic) bond motifs is 1. The van der Waals surface area contributed by atoms with E-state index in [4.69, 9.17) is 0 Å². The number of rotatable bonds is 3. The van der Waals surface area contributed by atoms with Crippen molar-refractivity contribution in [3.8, 4) is 11.3 Å². The molecule has 0 aliphatic rings. The van der Waals surface area contributed by atoms with Gasteiger partial charge in [0.15, 0.2) is 5.65 Å². The molecule has 1 N–H and O–H groups in total. The molecular weight excluding hydrogens is 286 g/mol. The summed E-state index contributed by atoms with van der Waals surface area (Å²) in [5.74, 6) is 0.869. The lowest BCUT2D eigenvalue weighted by Gasteiger charge is -2.08. The molecule has 0 aliphatic heterocycles. The highest BCUT2D eigenvalue weighted by atomic mass is 15.3. The third-order valence-corrected chi connectivity index (χ3v) is 3.64. The fraction of sp³-hybridized carbons (Fsp3) is 0.0556. The number of nitrogens with one attached hydrogen (secondary N) is 1. The maximum atomic E-state index is 4.65. The summed E-state index contributed by atoms with van der Waals surface area (Å²) < 4.78 is 1.81. The van der Waals surface area contributed by atoms with Gasteiger partial charge in [-0.1, -0.05) is 17.7 Å². The number of aryl methyl sites for hydroxylation is 1. The maximum Gasteiger partial charge on any atom is 0.157 e. The predicted octanol–water partition coefficient (Wildman–Crippen LogP) is 3.84. The second-order valence-electron chi connectivity index (χ2n) is 5.36. The summed E-state index contributed by atoms with van der Waals surface area (Å²) in [7, 11) is 0. The van der Waals surface area contributed by atoms with Crippen LogP contribution < -0.4 is 5.32 Å². The highest BCUT2D eigenvalue weighted by Crippen LogP contribution is 2.22. The van der Waals surface area contributed by atoms with Crippen molar-refractivity contribution in [1.82, 2.24) is 19.6 Å². The van der Waals surface area contributed by atoms with E-state index in [0.29, 0.717) is 0 Å². The molecule has 0 saturated heterocycles. The van der Waals surface area contributed by atoms with E-state index in [0.717, 1.165) is 28.4 Å². The van der Waals surface area contributed by atoms with Crippen LogP contribution in [0.3, 0.4) is 0 Å². The lowest BCUT2D eigenvalue weighted by molar-refractivity contribution is 0.950. The van der Waals surface area contributed by atoms with Gasteiger partial charge < -0.3 is 5.32 Å². The molecule has 3 aromatic heterocycles. The molecule has 1 aromatic carbocycles. The van der Waals surface area contributed by atoms with E-state index in [1.54, 1.807) is 18.6 Å². The molecule has 0 radical (unpaired) electrons. The van der Waals surface area contributed by atoms with E-state index >= 15 is 0 Å². The van der Waals surface area contributed by atoms with Crippen LogP contribution in [-0.4, -0.2) is 19.6 Å². The van der Waals surface area contributed by atoms with Gasteiger partial charge in [0.05, 0.1) is 5.69 Å². The molecule has 0 fully saturated rings. The van der Waals surface area contributed by atoms with Crippen molar-refractivity contribution in [2.24, 2.45) is 0 Å². The Balaban J connectivity index is 1.75. The highest BCUT2D eigenvalue weighted by molar-refractivity contribution is 5.66. The number of aromatic nitrogens is 4. The Morgan fingerprint density at radius 2 is 1.87 bits per heavy atom. The summed E-state index contributed by atoms with van der Waals surface area (Å²) in [5, 5.41) is 8.03. The van der Waals surface area contributed by atoms with Crippen LogP contribution in [-0.2, 0) is 0 Å². The van der Waals surface area contributed by atoms with Crippen LogP contribution in [0.2, 0.25) is 0 Å². The standard InChI is InChI=1S/C18H15N5/c1-13-4-6-15(7-5-13)21-17-8-10-20-18-11-16(22-23(17)18)14-3-2-9-19-12-14/h2-12,21H,1H3. The van der Waals surface area contributed by atoms with Gasteiger partial charge in [-0.15, -0.1) is 0 Å². The number of nitrogens with zero attached hydrogens (tertiary/aromatic N) is 4. The van der Waals surface area contributed by atoms with Crippen LogP contribution >= 0.6 is 0 Å². The van der Waals surface area contributed by atoms with Gasteiger partial charge in [0.1, 0.15) is 5.82 Å². The summed E-state index contributed by atoms with van der Waals surface area (Å²) >= 11 is 0. The minimum absolute atomic E-state index is 0.793. The van der Waals surface area contributed by atoms with Crippen molar-refractivity contribution in [2.45, 2.75) is 6.92 Å². The van der Waals surface area contributed by atoms with Gasteiger partial charge in [0.25, 0.3) is 0 Å². The normalized spacial score (nSPS) is 10.8. The van der Waals surface area contributed by atoms with Gasteiger partial charge >= 0.3 is 0 Å². The first-order valence-corrected chi connectivity index (χ1v) is 7.38. The van der Waals surface area contributed by atoms with Crippen LogP contribution in [0.15, 0.2) is 67.1 Å². The van der Waals surface area contributed by atoms with Crippen LogP contribution in [0, 0.1) is 6.92 Å². The summed E-state index contributed by atoms with van der Waals surface area (Å²) in [6, 6.07) is 16.0. The molecule has 0 amide bonds. The number of anilines is 2. The number of hydrogen-bond donors (Lipinski definition) is 1. The SMILES string of the molecule is Cc1ccc(Nc2ccnc3cc(-c4cccnc4)nn23)cc1. The molecule has 5 nitrogen and oxygen atoms in total. The van der Waals surface area contributed by atoms with Crippen LogP contribution in [0.5, 0.6) is 0 Å². The molecule has 5 heteroatoms. The molecule has 3 heterocycles. The largest absolute Gasteiger partial charge is 0.340 e. The van der Waals surface area contributed by atoms with Gasteiger partial charge in [0.2, 0.25) is 0 Å². The zero-order valence-corrected chi connectivity index (χ0v) is 12.6. The van der Waals surface area contributed by atoms with Crippen molar-refractivity contribution in [3.63, 3.8) is 0 Å². The molecule has 23 heavy (non-hydrogen) atoms. The van der Waals surface area contributed by atoms with Crippen LogP contribution in [0.4, 0.5) is 11.5 Å². The van der Waals surface area contributed by atoms with Crippen molar-refractivity contribution in [2.75, 3.05) is 5.32 Å². The molecule has 4 rings (SSSR count). The molecule has 0 bridgehead atoms. The Bertz CT molecular complexity index is 942. The van der Waals surface area contributed by atoms with Crippen molar-refractivity contribution < 1.29 is 0 Å². The second-order valence-corrected chi connectivity index (χ2v) is 5.36. The fourth-order valence-electron chi connectivity index (χ4n) is 2.43. The Hall–Kier alpha value is -3.21. The van der Waals surface area contributed by atoms with Gasteiger partial charge in [-0.2, -0.15) is 9.61 Å². The zero-order chi connectivity index (χ0) is 15.6. The number of pyridine rings is 1. The average molecular weight is 301 g/mol. The predicted molar refractivity (Wildman–Crippen MR) is 90.7 cm³/mol. The van der Waals surface area contributed by atoms with E-state index < -0.39 is 0 Å². The van der Waals surface area contributed by atoms with E-state index in [1.807, 2.05) is 40.9 Å². The molecule has 0 saturated carbocycles. The summed E-state index contributed by atoms with van der Waals surface area (Å²) in [5.41, 5.74) is 4.86. The molecule has 0 atom stereocenters.